The van der Waals surface area contributed by atoms with E-state index in [2.05, 4.69) is 4.98 Å². The molecule has 0 radical (unpaired) electrons. The molecule has 1 atom stereocenters. The minimum atomic E-state index is -0.786. The Morgan fingerprint density at radius 1 is 1.27 bits per heavy atom. The zero-order chi connectivity index (χ0) is 16.5. The highest BCUT2D eigenvalue weighted by Gasteiger charge is 2.14. The summed E-state index contributed by atoms with van der Waals surface area (Å²) in [6.45, 7) is 2.25. The number of H-pyrrole nitrogens is 1. The number of unbranched alkanes of at least 4 members (excludes halogenated alkanes) is 3. The van der Waals surface area contributed by atoms with Crippen LogP contribution in [0.15, 0.2) is 4.79 Å². The molecule has 1 heterocycles. The lowest BCUT2D eigenvalue weighted by atomic mass is 10.1. The number of carboxylic acids is 1. The Labute approximate surface area is 129 Å². The summed E-state index contributed by atoms with van der Waals surface area (Å²) in [6.07, 6.45) is 4.47. The first-order valence-corrected chi connectivity index (χ1v) is 7.86. The first-order valence-electron chi connectivity index (χ1n) is 7.86. The molecule has 1 aromatic rings. The van der Waals surface area contributed by atoms with Gasteiger partial charge in [-0.3, -0.25) is 14.3 Å². The predicted octanol–water partition coefficient (Wildman–Crippen LogP) is 1.62. The number of nitrogens with zero attached hydrogens (tertiary/aromatic N) is 1. The van der Waals surface area contributed by atoms with Crippen molar-refractivity contribution in [1.29, 1.82) is 0 Å². The fourth-order valence-electron chi connectivity index (χ4n) is 2.39. The van der Waals surface area contributed by atoms with E-state index >= 15 is 0 Å². The molecule has 1 unspecified atom stereocenters. The van der Waals surface area contributed by atoms with Gasteiger partial charge in [0.15, 0.2) is 0 Å². The van der Waals surface area contributed by atoms with Crippen LogP contribution in [0.4, 0.5) is 0 Å². The van der Waals surface area contributed by atoms with Crippen LogP contribution in [0, 0.1) is 0 Å². The summed E-state index contributed by atoms with van der Waals surface area (Å²) in [5.41, 5.74) is 0.202. The van der Waals surface area contributed by atoms with Crippen LogP contribution in [0.3, 0.4) is 0 Å². The molecular weight excluding hydrogens is 288 g/mol. The van der Waals surface area contributed by atoms with E-state index in [0.29, 0.717) is 37.9 Å². The molecule has 0 aliphatic heterocycles. The van der Waals surface area contributed by atoms with Gasteiger partial charge in [0.05, 0.1) is 11.8 Å². The van der Waals surface area contributed by atoms with Crippen molar-refractivity contribution in [2.45, 2.75) is 70.9 Å². The zero-order valence-electron chi connectivity index (χ0n) is 13.0. The van der Waals surface area contributed by atoms with Crippen molar-refractivity contribution in [1.82, 2.24) is 9.55 Å². The number of hydrogen-bond donors (Lipinski definition) is 4. The first kappa shape index (κ1) is 18.3. The van der Waals surface area contributed by atoms with Gasteiger partial charge in [0.2, 0.25) is 5.88 Å². The van der Waals surface area contributed by atoms with Crippen molar-refractivity contribution in [3.8, 4) is 5.88 Å². The third-order valence-corrected chi connectivity index (χ3v) is 3.78. The molecule has 0 amide bonds. The number of rotatable bonds is 11. The Bertz CT molecular complexity index is 520. The Hall–Kier alpha value is -1.76. The van der Waals surface area contributed by atoms with E-state index in [1.54, 1.807) is 0 Å². The van der Waals surface area contributed by atoms with Crippen LogP contribution in [0.2, 0.25) is 0 Å². The molecule has 22 heavy (non-hydrogen) atoms. The SMILES string of the molecule is CCC(O)CCn1c(CCCCCCC(=O)O)c(O)[nH]c1=O. The summed E-state index contributed by atoms with van der Waals surface area (Å²) in [4.78, 5) is 24.6. The number of aliphatic carboxylic acids is 1. The molecule has 0 bridgehead atoms. The third-order valence-electron chi connectivity index (χ3n) is 3.78. The van der Waals surface area contributed by atoms with Crippen molar-refractivity contribution < 1.29 is 20.1 Å². The van der Waals surface area contributed by atoms with Crippen molar-refractivity contribution in [2.24, 2.45) is 0 Å². The van der Waals surface area contributed by atoms with Crippen LogP contribution in [-0.2, 0) is 17.8 Å². The largest absolute Gasteiger partial charge is 0.493 e. The summed E-state index contributed by atoms with van der Waals surface area (Å²) in [5.74, 6) is -0.895. The molecule has 0 aliphatic carbocycles. The maximum absolute atomic E-state index is 11.8. The van der Waals surface area contributed by atoms with Gasteiger partial charge in [0, 0.05) is 13.0 Å². The molecule has 7 heteroatoms. The Balaban J connectivity index is 2.48. The molecular formula is C15H26N2O5. The van der Waals surface area contributed by atoms with Gasteiger partial charge in [-0.15, -0.1) is 0 Å². The molecule has 126 valence electrons. The van der Waals surface area contributed by atoms with E-state index in [1.807, 2.05) is 6.92 Å². The van der Waals surface area contributed by atoms with Gasteiger partial charge >= 0.3 is 11.7 Å². The normalized spacial score (nSPS) is 12.5. The lowest BCUT2D eigenvalue weighted by molar-refractivity contribution is -0.137. The lowest BCUT2D eigenvalue weighted by Gasteiger charge is -2.10. The van der Waals surface area contributed by atoms with Crippen molar-refractivity contribution in [3.63, 3.8) is 0 Å². The smallest absolute Gasteiger partial charge is 0.328 e. The van der Waals surface area contributed by atoms with Crippen molar-refractivity contribution in [2.75, 3.05) is 0 Å². The van der Waals surface area contributed by atoms with E-state index in [0.717, 1.165) is 19.3 Å². The fourth-order valence-corrected chi connectivity index (χ4v) is 2.39. The van der Waals surface area contributed by atoms with E-state index < -0.39 is 12.1 Å². The average molecular weight is 314 g/mol. The molecule has 4 N–H and O–H groups in total. The van der Waals surface area contributed by atoms with Gasteiger partial charge < -0.3 is 15.3 Å². The van der Waals surface area contributed by atoms with Gasteiger partial charge in [0.25, 0.3) is 0 Å². The lowest BCUT2D eigenvalue weighted by Crippen LogP contribution is -2.21. The number of aromatic nitrogens is 2. The summed E-state index contributed by atoms with van der Waals surface area (Å²) < 4.78 is 1.48. The van der Waals surface area contributed by atoms with Crippen LogP contribution in [-0.4, -0.2) is 36.9 Å². The van der Waals surface area contributed by atoms with Crippen molar-refractivity contribution in [3.05, 3.63) is 16.2 Å². The Kier molecular flexibility index (Phi) is 7.73. The minimum Gasteiger partial charge on any atom is -0.493 e. The van der Waals surface area contributed by atoms with E-state index in [-0.39, 0.29) is 18.0 Å². The second-order valence-corrected chi connectivity index (χ2v) is 5.54. The standard InChI is InChI=1S/C15H26N2O5/c1-2-11(18)9-10-17-12(14(21)16-15(17)22)7-5-3-4-6-8-13(19)20/h11,18,21H,2-10H2,1H3,(H,16,22)(H,19,20). The highest BCUT2D eigenvalue weighted by molar-refractivity contribution is 5.66. The topological polar surface area (TPSA) is 116 Å². The number of aromatic hydroxyl groups is 1. The predicted molar refractivity (Wildman–Crippen MR) is 82.1 cm³/mol. The number of hydrogen-bond acceptors (Lipinski definition) is 4. The molecule has 7 nitrogen and oxygen atoms in total. The minimum absolute atomic E-state index is 0.110. The van der Waals surface area contributed by atoms with E-state index in [4.69, 9.17) is 5.11 Å². The van der Waals surface area contributed by atoms with Crippen LogP contribution >= 0.6 is 0 Å². The van der Waals surface area contributed by atoms with Crippen LogP contribution in [0.25, 0.3) is 0 Å². The number of aliphatic hydroxyl groups excluding tert-OH is 1. The number of imidazole rings is 1. The molecule has 0 fully saturated rings. The second-order valence-electron chi connectivity index (χ2n) is 5.54. The van der Waals surface area contributed by atoms with Gasteiger partial charge in [-0.25, -0.2) is 4.79 Å². The fraction of sp³-hybridized carbons (Fsp3) is 0.733. The maximum Gasteiger partial charge on any atom is 0.328 e. The van der Waals surface area contributed by atoms with E-state index in [9.17, 15) is 19.8 Å². The van der Waals surface area contributed by atoms with E-state index in [1.165, 1.54) is 4.57 Å². The quantitative estimate of drug-likeness (QED) is 0.463. The van der Waals surface area contributed by atoms with Gasteiger partial charge in [-0.05, 0) is 32.1 Å². The maximum atomic E-state index is 11.8. The second kappa shape index (κ2) is 9.30. The zero-order valence-corrected chi connectivity index (χ0v) is 13.0. The van der Waals surface area contributed by atoms with Crippen LogP contribution < -0.4 is 5.69 Å². The highest BCUT2D eigenvalue weighted by atomic mass is 16.4. The summed E-state index contributed by atoms with van der Waals surface area (Å²) in [7, 11) is 0. The van der Waals surface area contributed by atoms with Gasteiger partial charge in [0.1, 0.15) is 0 Å². The molecule has 1 aromatic heterocycles. The monoisotopic (exact) mass is 314 g/mol. The summed E-state index contributed by atoms with van der Waals surface area (Å²) >= 11 is 0. The molecule has 0 saturated carbocycles. The molecule has 0 saturated heterocycles. The Morgan fingerprint density at radius 3 is 2.59 bits per heavy atom. The summed E-state index contributed by atoms with van der Waals surface area (Å²) in [5, 5.41) is 27.9. The van der Waals surface area contributed by atoms with Crippen LogP contribution in [0.1, 0.15) is 57.6 Å². The number of aromatic amines is 1. The number of aliphatic hydroxyl groups is 1. The molecule has 0 aliphatic rings. The molecule has 0 aromatic carbocycles. The molecule has 1 rings (SSSR count). The summed E-state index contributed by atoms with van der Waals surface area (Å²) in [6, 6.07) is 0. The first-order chi connectivity index (χ1) is 10.5. The highest BCUT2D eigenvalue weighted by Crippen LogP contribution is 2.17. The number of carbonyl (C=O) groups is 1. The average Bonchev–Trinajstić information content (AvgIpc) is 2.73. The van der Waals surface area contributed by atoms with Gasteiger partial charge in [-0.1, -0.05) is 19.8 Å². The number of carboxylic acid groups (broad SMARTS) is 1. The number of nitrogens with one attached hydrogen (secondary N) is 1. The van der Waals surface area contributed by atoms with Crippen LogP contribution in [0.5, 0.6) is 5.88 Å². The van der Waals surface area contributed by atoms with Gasteiger partial charge in [-0.2, -0.15) is 0 Å². The van der Waals surface area contributed by atoms with Crippen molar-refractivity contribution >= 4 is 5.97 Å². The Morgan fingerprint density at radius 2 is 1.95 bits per heavy atom. The molecule has 0 spiro atoms. The third kappa shape index (κ3) is 5.93.